The van der Waals surface area contributed by atoms with Gasteiger partial charge in [-0.25, -0.2) is 0 Å². The van der Waals surface area contributed by atoms with Gasteiger partial charge in [0, 0.05) is 108 Å². The Bertz CT molecular complexity index is 8350. The summed E-state index contributed by atoms with van der Waals surface area (Å²) in [4.78, 5) is 9.53. The number of hydrogen-bond donors (Lipinski definition) is 0. The Morgan fingerprint density at radius 3 is 0.731 bits per heavy atom. The summed E-state index contributed by atoms with van der Waals surface area (Å²) in [7, 11) is 0. The molecule has 2 heterocycles. The van der Waals surface area contributed by atoms with Crippen molar-refractivity contribution in [1.29, 1.82) is 0 Å². The van der Waals surface area contributed by atoms with E-state index in [1.807, 2.05) is 22.7 Å². The number of benzene rings is 22. The quantitative estimate of drug-likeness (QED) is 0.0711. The van der Waals surface area contributed by atoms with E-state index in [9.17, 15) is 0 Å². The van der Waals surface area contributed by atoms with Crippen LogP contribution in [-0.4, -0.2) is 0 Å². The summed E-state index contributed by atoms with van der Waals surface area (Å²) in [6, 6.07) is 191. The Morgan fingerprint density at radius 2 is 0.358 bits per heavy atom. The van der Waals surface area contributed by atoms with Gasteiger partial charge in [0.1, 0.15) is 0 Å². The van der Waals surface area contributed by atoms with Crippen LogP contribution in [-0.2, 0) is 0 Å². The van der Waals surface area contributed by atoms with Gasteiger partial charge in [0.15, 0.2) is 0 Å². The molecule has 0 spiro atoms. The minimum atomic E-state index is 1.06. The van der Waals surface area contributed by atoms with Crippen LogP contribution in [0, 0.1) is 0 Å². The lowest BCUT2D eigenvalue weighted by Crippen LogP contribution is -2.10. The lowest BCUT2D eigenvalue weighted by atomic mass is 9.96. The second-order valence-electron chi connectivity index (χ2n) is 34.3. The predicted molar refractivity (Wildman–Crippen MR) is 575 cm³/mol. The van der Waals surface area contributed by atoms with Crippen LogP contribution >= 0.6 is 22.7 Å². The minimum Gasteiger partial charge on any atom is -0.311 e. The maximum absolute atomic E-state index is 2.40. The predicted octanol–water partition coefficient (Wildman–Crippen LogP) is 37.6. The summed E-state index contributed by atoms with van der Waals surface area (Å²) >= 11 is 3.73. The molecule has 0 atom stereocenters. The molecular weight excluding hydrogens is 1660 g/mol. The van der Waals surface area contributed by atoms with Crippen molar-refractivity contribution in [3.05, 3.63) is 522 Å². The van der Waals surface area contributed by atoms with Crippen LogP contribution < -0.4 is 19.6 Å². The molecule has 0 radical (unpaired) electrons. The molecule has 0 amide bonds. The molecule has 24 aromatic rings. The summed E-state index contributed by atoms with van der Waals surface area (Å²) in [5, 5.41) is 10.0. The van der Waals surface area contributed by atoms with E-state index in [4.69, 9.17) is 0 Å². The van der Waals surface area contributed by atoms with Gasteiger partial charge < -0.3 is 19.6 Å². The van der Waals surface area contributed by atoms with Gasteiger partial charge in [-0.05, 0) is 281 Å². The Hall–Kier alpha value is -17.0. The molecule has 0 unspecified atom stereocenters. The zero-order valence-corrected chi connectivity index (χ0v) is 74.9. The van der Waals surface area contributed by atoms with Gasteiger partial charge in [-0.1, -0.05) is 352 Å². The molecule has 0 saturated heterocycles. The molecule has 630 valence electrons. The number of thiophene rings is 2. The molecule has 0 saturated carbocycles. The average molecular weight is 1740 g/mol. The first-order chi connectivity index (χ1) is 66.4. The number of fused-ring (bicyclic) bond motifs is 8. The van der Waals surface area contributed by atoms with Crippen molar-refractivity contribution in [3.63, 3.8) is 0 Å². The summed E-state index contributed by atoms with van der Waals surface area (Å²) in [6.45, 7) is 0. The number of anilines is 12. The molecule has 0 aliphatic heterocycles. The van der Waals surface area contributed by atoms with E-state index in [-0.39, 0.29) is 0 Å². The molecule has 22 aromatic carbocycles. The smallest absolute Gasteiger partial charge is 0.0540 e. The Kier molecular flexibility index (Phi) is 21.1. The second-order valence-corrected chi connectivity index (χ2v) is 36.4. The fraction of sp³-hybridized carbons (Fsp3) is 0. The van der Waals surface area contributed by atoms with E-state index in [1.54, 1.807) is 0 Å². The van der Waals surface area contributed by atoms with E-state index in [0.717, 1.165) is 124 Å². The Labute approximate surface area is 788 Å². The van der Waals surface area contributed by atoms with Crippen LogP contribution in [0.15, 0.2) is 522 Å². The fourth-order valence-electron chi connectivity index (χ4n) is 19.5. The van der Waals surface area contributed by atoms with Crippen molar-refractivity contribution in [2.24, 2.45) is 0 Å². The summed E-state index contributed by atoms with van der Waals surface area (Å²) < 4.78 is 5.25. The van der Waals surface area contributed by atoms with Crippen molar-refractivity contribution in [1.82, 2.24) is 0 Å². The molecule has 0 aliphatic carbocycles. The summed E-state index contributed by atoms with van der Waals surface area (Å²) in [6.07, 6.45) is 0. The second kappa shape index (κ2) is 35.1. The standard InChI is InChI=1S/C128H86N4S2/c1-3-20-87(21-4-1)89-42-63-106(64-43-89)129(108-67-46-91(47-68-108)93-50-75-112(76-51-93)131(123-38-17-26-98-24-7-9-32-116(98)123)114-79-58-97(59-80-114)105-62-83-127-122(86-105)120-35-12-13-40-125(120)133-127)110-71-54-95(55-72-110)101-28-15-30-103(84-101)104-31-16-29-102(85-104)96-56-73-111(74-57-96)130(107-65-44-90(45-66-107)88-22-5-2-6-23-88)109-69-48-92(49-70-109)94-52-77-113(78-53-94)132(124-39-18-27-99-25-8-10-33-117(99)124)115-81-60-100(61-82-115)118-36-19-37-121-119-34-11-14-41-126(119)134-128(118)121/h1-86H. The molecule has 24 rings (SSSR count). The summed E-state index contributed by atoms with van der Waals surface area (Å²) in [5.74, 6) is 0. The lowest BCUT2D eigenvalue weighted by molar-refractivity contribution is 1.28. The molecule has 2 aromatic heterocycles. The van der Waals surface area contributed by atoms with Gasteiger partial charge in [-0.3, -0.25) is 0 Å². The van der Waals surface area contributed by atoms with E-state index >= 15 is 0 Å². The first-order valence-corrected chi connectivity index (χ1v) is 47.3. The third-order valence-electron chi connectivity index (χ3n) is 26.3. The number of nitrogens with zero attached hydrogens (tertiary/aromatic N) is 4. The highest BCUT2D eigenvalue weighted by molar-refractivity contribution is 7.26. The van der Waals surface area contributed by atoms with Crippen LogP contribution in [0.25, 0.3) is 162 Å². The molecular formula is C128H86N4S2. The van der Waals surface area contributed by atoms with Crippen molar-refractivity contribution in [3.8, 4) is 100 Å². The zero-order valence-electron chi connectivity index (χ0n) is 73.3. The fourth-order valence-corrected chi connectivity index (χ4v) is 21.8. The van der Waals surface area contributed by atoms with Gasteiger partial charge in [0.05, 0.1) is 11.4 Å². The summed E-state index contributed by atoms with van der Waals surface area (Å²) in [5.41, 5.74) is 33.9. The van der Waals surface area contributed by atoms with Crippen LogP contribution in [0.3, 0.4) is 0 Å². The van der Waals surface area contributed by atoms with Crippen LogP contribution in [0.5, 0.6) is 0 Å². The first kappa shape index (κ1) is 80.3. The topological polar surface area (TPSA) is 13.0 Å². The Morgan fingerprint density at radius 1 is 0.127 bits per heavy atom. The highest BCUT2D eigenvalue weighted by Gasteiger charge is 2.23. The van der Waals surface area contributed by atoms with Crippen molar-refractivity contribution in [2.75, 3.05) is 19.6 Å². The number of hydrogen-bond acceptors (Lipinski definition) is 6. The van der Waals surface area contributed by atoms with Gasteiger partial charge in [0.2, 0.25) is 0 Å². The molecule has 0 fully saturated rings. The van der Waals surface area contributed by atoms with Crippen LogP contribution in [0.1, 0.15) is 0 Å². The van der Waals surface area contributed by atoms with Gasteiger partial charge in [0.25, 0.3) is 0 Å². The maximum Gasteiger partial charge on any atom is 0.0540 e. The van der Waals surface area contributed by atoms with Crippen molar-refractivity contribution < 1.29 is 0 Å². The molecule has 6 heteroatoms. The maximum atomic E-state index is 2.40. The van der Waals surface area contributed by atoms with Crippen LogP contribution in [0.4, 0.5) is 68.2 Å². The lowest BCUT2D eigenvalue weighted by Gasteiger charge is -2.27. The third-order valence-corrected chi connectivity index (χ3v) is 28.7. The SMILES string of the molecule is c1ccc(-c2ccc(N(c3ccc(-c4ccc(N(c5ccc(-c6ccc7sc8ccccc8c7c6)cc5)c5cccc6ccccc56)cc4)cc3)c3ccc(-c4cccc(-c5cccc(-c6ccc(N(c7ccc(-c8ccccc8)cc7)c7ccc(-c8ccc(N(c9ccc(-c%10cccc%11c%10sc%10ccccc%10%11)cc9)c9cccc%10ccccc9%10)cc8)cc7)cc6)c5)c4)cc3)cc2)cc1. The van der Waals surface area contributed by atoms with E-state index in [2.05, 4.69) is 541 Å². The highest BCUT2D eigenvalue weighted by atomic mass is 32.1. The van der Waals surface area contributed by atoms with Crippen molar-refractivity contribution >= 4 is 153 Å². The largest absolute Gasteiger partial charge is 0.311 e. The van der Waals surface area contributed by atoms with Gasteiger partial charge in [-0.2, -0.15) is 0 Å². The van der Waals surface area contributed by atoms with E-state index in [0.29, 0.717) is 0 Å². The molecule has 0 N–H and O–H groups in total. The van der Waals surface area contributed by atoms with Gasteiger partial charge >= 0.3 is 0 Å². The Balaban J connectivity index is 0.493. The van der Waals surface area contributed by atoms with Crippen LogP contribution in [0.2, 0.25) is 0 Å². The zero-order chi connectivity index (χ0) is 88.8. The van der Waals surface area contributed by atoms with Crippen molar-refractivity contribution in [2.45, 2.75) is 0 Å². The normalized spacial score (nSPS) is 11.4. The molecule has 4 nitrogen and oxygen atoms in total. The molecule has 134 heavy (non-hydrogen) atoms. The van der Waals surface area contributed by atoms with E-state index < -0.39 is 0 Å². The molecule has 0 aliphatic rings. The van der Waals surface area contributed by atoms with Gasteiger partial charge in [-0.15, -0.1) is 22.7 Å². The minimum absolute atomic E-state index is 1.06. The third kappa shape index (κ3) is 15.6. The average Bonchev–Trinajstić information content (AvgIpc) is 1.56. The first-order valence-electron chi connectivity index (χ1n) is 45.7. The monoisotopic (exact) mass is 1740 g/mol. The van der Waals surface area contributed by atoms with E-state index in [1.165, 1.54) is 106 Å². The highest BCUT2D eigenvalue weighted by Crippen LogP contribution is 2.49. The number of rotatable bonds is 21. The molecule has 0 bridgehead atoms.